The Morgan fingerprint density at radius 1 is 0.267 bits per heavy atom. The van der Waals surface area contributed by atoms with Crippen LogP contribution in [0, 0.1) is 5.41 Å². The Bertz CT molecular complexity index is 2150. The van der Waals surface area contributed by atoms with Crippen molar-refractivity contribution >= 4 is 77.8 Å². The van der Waals surface area contributed by atoms with Crippen molar-refractivity contribution in [1.29, 1.82) is 0 Å². The lowest BCUT2D eigenvalue weighted by atomic mass is 9.92. The van der Waals surface area contributed by atoms with Gasteiger partial charge in [0.15, 0.2) is 0 Å². The van der Waals surface area contributed by atoms with E-state index in [2.05, 4.69) is 7.38 Å². The van der Waals surface area contributed by atoms with Crippen molar-refractivity contribution in [2.45, 2.75) is 56.8 Å². The molecule has 54 heteroatoms. The van der Waals surface area contributed by atoms with Crippen LogP contribution in [0.2, 0.25) is 0 Å². The van der Waals surface area contributed by atoms with Gasteiger partial charge in [-0.3, -0.25) is 58.8 Å². The van der Waals surface area contributed by atoms with E-state index in [1.165, 1.54) is 23.0 Å². The molecule has 0 amide bonds. The molecule has 0 aromatic carbocycles. The number of phosphoric acid groups is 7. The van der Waals surface area contributed by atoms with E-state index >= 15 is 0 Å². The molecule has 0 heterocycles. The molecule has 0 aliphatic carbocycles. The molecule has 10 unspecified atom stereocenters. The van der Waals surface area contributed by atoms with E-state index in [9.17, 15) is 81.5 Å². The summed E-state index contributed by atoms with van der Waals surface area (Å²) < 4.78 is 219. The Labute approximate surface area is 599 Å². The number of hydrogen-bond acceptors (Lipinski definition) is 39. The van der Waals surface area contributed by atoms with Crippen molar-refractivity contribution in [2.75, 3.05) is 245 Å². The second kappa shape index (κ2) is 62.4. The maximum Gasteiger partial charge on any atom is 0.481 e. The first-order valence-corrected chi connectivity index (χ1v) is 42.3. The van der Waals surface area contributed by atoms with E-state index in [0.29, 0.717) is 0 Å². The summed E-state index contributed by atoms with van der Waals surface area (Å²) in [5.41, 5.74) is 14.5. The van der Waals surface area contributed by atoms with Crippen LogP contribution in [0.15, 0.2) is 0 Å². The lowest BCUT2D eigenvalue weighted by molar-refractivity contribution is -0.113. The molecule has 0 spiro atoms. The summed E-state index contributed by atoms with van der Waals surface area (Å²) in [6.07, 6.45) is -3.62. The quantitative estimate of drug-likeness (QED) is 0.0172. The van der Waals surface area contributed by atoms with E-state index in [4.69, 9.17) is 128 Å². The SMILES string of the molecule is NCOCCC(CO)OP(=O)(O)OCCOP(=O)(O)OCCCOCC(COCCCOP(=O)(O)OCCOP(=O)(O)OC(CO)CCOCN)(COCCCOP(=O)(O)OCCOP(=O)(O)OC(CO)CCOCN)COCCOCCOCCOCCOCCOCCOP(=O)(O)OI. The first-order chi connectivity index (χ1) is 48.0. The van der Waals surface area contributed by atoms with Crippen molar-refractivity contribution in [3.05, 3.63) is 0 Å². The Balaban J connectivity index is 5.89. The summed E-state index contributed by atoms with van der Waals surface area (Å²) in [4.78, 5) is 69.9. The highest BCUT2D eigenvalue weighted by molar-refractivity contribution is 14.1. The third kappa shape index (κ3) is 63.2. The number of halogens is 1. The van der Waals surface area contributed by atoms with Gasteiger partial charge >= 0.3 is 54.8 Å². The monoisotopic (exact) mass is 1740 g/mol. The van der Waals surface area contributed by atoms with Crippen LogP contribution in [0.3, 0.4) is 0 Å². The van der Waals surface area contributed by atoms with E-state index < -0.39 is 158 Å². The van der Waals surface area contributed by atoms with E-state index in [1.807, 2.05) is 0 Å². The molecule has 101 heavy (non-hydrogen) atoms. The van der Waals surface area contributed by atoms with Crippen molar-refractivity contribution in [1.82, 2.24) is 0 Å². The van der Waals surface area contributed by atoms with Crippen molar-refractivity contribution in [2.24, 2.45) is 22.6 Å². The summed E-state index contributed by atoms with van der Waals surface area (Å²) in [5, 5.41) is 28.3. The summed E-state index contributed by atoms with van der Waals surface area (Å²) in [7, 11) is -32.7. The second-order valence-electron chi connectivity index (χ2n) is 19.8. The fourth-order valence-electron chi connectivity index (χ4n) is 6.87. The molecule has 0 aliphatic heterocycles. The molecule has 16 N–H and O–H groups in total. The molecule has 0 saturated carbocycles. The number of ether oxygens (including phenoxy) is 12. The van der Waals surface area contributed by atoms with Gasteiger partial charge in [-0.25, -0.2) is 34.8 Å². The number of nitrogens with two attached hydrogens (primary N) is 3. The molecule has 0 bridgehead atoms. The van der Waals surface area contributed by atoms with Crippen LogP contribution in [0.1, 0.15) is 38.5 Å². The highest BCUT2D eigenvalue weighted by atomic mass is 127. The predicted molar refractivity (Wildman–Crippen MR) is 352 cm³/mol. The molecule has 46 nitrogen and oxygen atoms in total. The Morgan fingerprint density at radius 2 is 0.475 bits per heavy atom. The number of aliphatic hydroxyl groups is 3. The van der Waals surface area contributed by atoms with Crippen LogP contribution in [-0.4, -0.2) is 313 Å². The summed E-state index contributed by atoms with van der Waals surface area (Å²) in [5.74, 6) is 0. The molecule has 0 aliphatic rings. The van der Waals surface area contributed by atoms with Crippen LogP contribution in [0.5, 0.6) is 0 Å². The number of rotatable bonds is 79. The van der Waals surface area contributed by atoms with Gasteiger partial charge in [-0.05, 0) is 38.5 Å². The molecule has 0 saturated heterocycles. The van der Waals surface area contributed by atoms with Gasteiger partial charge in [-0.1, -0.05) is 0 Å². The Kier molecular flexibility index (Phi) is 62.9. The van der Waals surface area contributed by atoms with Gasteiger partial charge in [0.2, 0.25) is 0 Å². The lowest BCUT2D eigenvalue weighted by Gasteiger charge is -2.33. The molecule has 0 radical (unpaired) electrons. The average molecular weight is 1740 g/mol. The fraction of sp³-hybridized carbons (Fsp3) is 1.00. The molecule has 0 aromatic heterocycles. The maximum atomic E-state index is 12.6. The molecule has 10 atom stereocenters. The van der Waals surface area contributed by atoms with Crippen molar-refractivity contribution in [3.63, 3.8) is 0 Å². The smallest absolute Gasteiger partial charge is 0.394 e. The zero-order chi connectivity index (χ0) is 75.5. The highest BCUT2D eigenvalue weighted by Crippen LogP contribution is 2.50. The van der Waals surface area contributed by atoms with Gasteiger partial charge in [0, 0.05) is 19.8 Å². The first kappa shape index (κ1) is 102. The summed E-state index contributed by atoms with van der Waals surface area (Å²) in [6, 6.07) is 0. The van der Waals surface area contributed by atoms with E-state index in [1.54, 1.807) is 0 Å². The third-order valence-electron chi connectivity index (χ3n) is 11.5. The molecule has 0 rings (SSSR count). The van der Waals surface area contributed by atoms with E-state index in [0.717, 1.165) is 0 Å². The van der Waals surface area contributed by atoms with Gasteiger partial charge in [-0.2, -0.15) is 0 Å². The number of hydrogen-bond donors (Lipinski definition) is 13. The van der Waals surface area contributed by atoms with Gasteiger partial charge in [0.05, 0.1) is 249 Å². The van der Waals surface area contributed by atoms with Crippen LogP contribution >= 0.6 is 77.8 Å². The fourth-order valence-corrected chi connectivity index (χ4v) is 12.5. The first-order valence-electron chi connectivity index (χ1n) is 30.9. The zero-order valence-corrected chi connectivity index (χ0v) is 64.2. The maximum absolute atomic E-state index is 12.6. The molecule has 608 valence electrons. The van der Waals surface area contributed by atoms with Crippen LogP contribution < -0.4 is 17.2 Å². The van der Waals surface area contributed by atoms with Gasteiger partial charge in [-0.15, -0.1) is 0 Å². The van der Waals surface area contributed by atoms with Crippen LogP contribution in [-0.2, 0) is 150 Å². The van der Waals surface area contributed by atoms with Gasteiger partial charge in [0.1, 0.15) is 23.0 Å². The highest BCUT2D eigenvalue weighted by Gasteiger charge is 2.35. The minimum atomic E-state index is -4.78. The second-order valence-corrected chi connectivity index (χ2v) is 30.9. The Hall–Kier alpha value is 0.780. The van der Waals surface area contributed by atoms with Crippen LogP contribution in [0.25, 0.3) is 0 Å². The molecular weight excluding hydrogens is 1640 g/mol. The summed E-state index contributed by atoms with van der Waals surface area (Å²) in [6.45, 7) is -7.51. The lowest BCUT2D eigenvalue weighted by Crippen LogP contribution is -2.42. The average Bonchev–Trinajstić information content (AvgIpc) is 0.884. The standard InChI is InChI=1S/C47H105IN3O43P7/c48-94-101(67,68)90-27-26-73-23-22-71-19-18-69-16-17-70-20-21-72-24-25-77-40-47(37-74-7-1-10-81-95(55,56)84-28-31-87-98(61,62)91-44(34-52)4-13-78-41-49,38-75-8-2-11-82-96(57,58)85-29-32-88-99(63,64)92-45(35-53)5-14-79-42-50)39-76-9-3-12-83-97(59,60)86-30-33-89-100(65,66)93-46(36-54)6-15-80-43-51/h44-46,52-54H,1-43,49-51H2,(H,55,56)(H,57,58)(H,59,60)(H,61,62)(H,63,64)(H,65,66)(H,67,68). The largest absolute Gasteiger partial charge is 0.481 e. The van der Waals surface area contributed by atoms with E-state index in [-0.39, 0.29) is 204 Å². The van der Waals surface area contributed by atoms with Crippen molar-refractivity contribution in [3.8, 4) is 0 Å². The number of phosphoric ester groups is 7. The predicted octanol–water partition coefficient (Wildman–Crippen LogP) is 0.629. The zero-order valence-electron chi connectivity index (χ0n) is 55.8. The Morgan fingerprint density at radius 3 is 0.723 bits per heavy atom. The topological polar surface area (TPSA) is 640 Å². The molecule has 0 fully saturated rings. The molecule has 0 aromatic rings. The molecular formula is C47H105IN3O43P7. The normalized spacial score (nSPS) is 18.0. The van der Waals surface area contributed by atoms with Crippen LogP contribution in [0.4, 0.5) is 0 Å². The minimum absolute atomic E-state index is 0.00171. The minimum Gasteiger partial charge on any atom is -0.394 e. The van der Waals surface area contributed by atoms with Gasteiger partial charge in [0.25, 0.3) is 0 Å². The van der Waals surface area contributed by atoms with Gasteiger partial charge < -0.3 is 124 Å². The number of aliphatic hydroxyl groups excluding tert-OH is 3. The van der Waals surface area contributed by atoms with Crippen molar-refractivity contribution < 1.29 is 200 Å². The third-order valence-corrected chi connectivity index (χ3v) is 19.9. The summed E-state index contributed by atoms with van der Waals surface area (Å²) >= 11 is 1.26.